The van der Waals surface area contributed by atoms with Gasteiger partial charge in [-0.3, -0.25) is 4.79 Å². The maximum Gasteiger partial charge on any atom is 0.337 e. The fourth-order valence-corrected chi connectivity index (χ4v) is 2.46. The second-order valence-corrected chi connectivity index (χ2v) is 4.20. The molecule has 0 aliphatic rings. The highest BCUT2D eigenvalue weighted by Crippen LogP contribution is 2.34. The summed E-state index contributed by atoms with van der Waals surface area (Å²) in [7, 11) is 0. The van der Waals surface area contributed by atoms with E-state index in [4.69, 9.17) is 9.84 Å². The summed E-state index contributed by atoms with van der Waals surface area (Å²) in [6.45, 7) is 1.31. The first-order valence-corrected chi connectivity index (χ1v) is 5.34. The molecule has 16 heavy (non-hydrogen) atoms. The van der Waals surface area contributed by atoms with Crippen LogP contribution in [0.25, 0.3) is 10.1 Å². The van der Waals surface area contributed by atoms with Crippen molar-refractivity contribution in [3.8, 4) is 5.06 Å². The molecule has 0 unspecified atom stereocenters. The molecule has 1 N–H and O–H groups in total. The molecule has 0 bridgehead atoms. The number of ether oxygens (including phenoxy) is 1. The summed E-state index contributed by atoms with van der Waals surface area (Å²) >= 11 is 1.16. The molecule has 0 spiro atoms. The molecule has 0 saturated heterocycles. The Morgan fingerprint density at radius 2 is 2.12 bits per heavy atom. The minimum absolute atomic E-state index is 0.223. The number of rotatable bonds is 2. The Bertz CT molecular complexity index is 570. The highest BCUT2D eigenvalue weighted by molar-refractivity contribution is 7.21. The van der Waals surface area contributed by atoms with Gasteiger partial charge in [-0.15, -0.1) is 0 Å². The lowest BCUT2D eigenvalue weighted by Crippen LogP contribution is -1.98. The number of carbonyl (C=O) groups excluding carboxylic acids is 1. The van der Waals surface area contributed by atoms with Gasteiger partial charge in [0, 0.05) is 13.0 Å². The van der Waals surface area contributed by atoms with Gasteiger partial charge in [-0.1, -0.05) is 23.5 Å². The molecule has 2 rings (SSSR count). The Hall–Kier alpha value is -1.88. The Balaban J connectivity index is 2.56. The standard InChI is InChI=1S/C11H8O4S/c1-6(12)15-9-5-7-3-2-4-8(11(13)14)10(7)16-9/h2-5H,1H3,(H,13,14). The molecule has 1 aromatic carbocycles. The van der Waals surface area contributed by atoms with Crippen LogP contribution >= 0.6 is 11.3 Å². The lowest BCUT2D eigenvalue weighted by molar-refractivity contribution is -0.131. The molecule has 0 saturated carbocycles. The smallest absolute Gasteiger partial charge is 0.337 e. The van der Waals surface area contributed by atoms with Crippen molar-refractivity contribution in [2.75, 3.05) is 0 Å². The third-order valence-electron chi connectivity index (χ3n) is 2.00. The van der Waals surface area contributed by atoms with E-state index in [1.165, 1.54) is 13.0 Å². The van der Waals surface area contributed by atoms with E-state index in [1.807, 2.05) is 0 Å². The average molecular weight is 236 g/mol. The van der Waals surface area contributed by atoms with Crippen LogP contribution < -0.4 is 4.74 Å². The highest BCUT2D eigenvalue weighted by atomic mass is 32.1. The first kappa shape index (κ1) is 10.6. The van der Waals surface area contributed by atoms with E-state index in [-0.39, 0.29) is 5.56 Å². The molecule has 0 aliphatic carbocycles. The topological polar surface area (TPSA) is 63.6 Å². The third-order valence-corrected chi connectivity index (χ3v) is 3.06. The summed E-state index contributed by atoms with van der Waals surface area (Å²) in [4.78, 5) is 21.7. The number of benzene rings is 1. The Kier molecular flexibility index (Phi) is 2.62. The van der Waals surface area contributed by atoms with E-state index >= 15 is 0 Å². The maximum absolute atomic E-state index is 10.9. The fraction of sp³-hybridized carbons (Fsp3) is 0.0909. The van der Waals surface area contributed by atoms with Gasteiger partial charge in [0.25, 0.3) is 0 Å². The number of esters is 1. The van der Waals surface area contributed by atoms with Crippen molar-refractivity contribution in [3.05, 3.63) is 29.8 Å². The van der Waals surface area contributed by atoms with Gasteiger partial charge in [0.05, 0.1) is 10.3 Å². The lowest BCUT2D eigenvalue weighted by atomic mass is 10.2. The summed E-state index contributed by atoms with van der Waals surface area (Å²) in [5.74, 6) is -1.40. The van der Waals surface area contributed by atoms with E-state index in [9.17, 15) is 9.59 Å². The lowest BCUT2D eigenvalue weighted by Gasteiger charge is -1.94. The highest BCUT2D eigenvalue weighted by Gasteiger charge is 2.12. The zero-order valence-electron chi connectivity index (χ0n) is 8.39. The van der Waals surface area contributed by atoms with E-state index in [0.717, 1.165) is 16.7 Å². The van der Waals surface area contributed by atoms with Gasteiger partial charge in [-0.2, -0.15) is 0 Å². The van der Waals surface area contributed by atoms with Crippen LogP contribution in [-0.4, -0.2) is 17.0 Å². The van der Waals surface area contributed by atoms with Crippen LogP contribution in [0.3, 0.4) is 0 Å². The molecule has 2 aromatic rings. The maximum atomic E-state index is 10.9. The number of thiophene rings is 1. The summed E-state index contributed by atoms with van der Waals surface area (Å²) in [5.41, 5.74) is 0.223. The minimum Gasteiger partial charge on any atom is -0.478 e. The van der Waals surface area contributed by atoms with Crippen LogP contribution in [0.4, 0.5) is 0 Å². The predicted molar refractivity (Wildman–Crippen MR) is 60.1 cm³/mol. The Morgan fingerprint density at radius 1 is 1.38 bits per heavy atom. The fourth-order valence-electron chi connectivity index (χ4n) is 1.40. The van der Waals surface area contributed by atoms with Gasteiger partial charge >= 0.3 is 11.9 Å². The van der Waals surface area contributed by atoms with Gasteiger partial charge in [0.15, 0.2) is 5.06 Å². The number of aromatic carboxylic acids is 1. The molecule has 5 heteroatoms. The normalized spacial score (nSPS) is 10.3. The molecule has 0 fully saturated rings. The van der Waals surface area contributed by atoms with Gasteiger partial charge in [-0.05, 0) is 11.5 Å². The molecule has 4 nitrogen and oxygen atoms in total. The summed E-state index contributed by atoms with van der Waals surface area (Å²) < 4.78 is 5.54. The quantitative estimate of drug-likeness (QED) is 0.814. The Labute approximate surface area is 95.1 Å². The molecular weight excluding hydrogens is 228 g/mol. The van der Waals surface area contributed by atoms with Gasteiger partial charge in [0.2, 0.25) is 0 Å². The molecule has 0 amide bonds. The third kappa shape index (κ3) is 1.90. The molecule has 82 valence electrons. The first-order chi connectivity index (χ1) is 7.58. The van der Waals surface area contributed by atoms with Gasteiger partial charge in [0.1, 0.15) is 0 Å². The molecule has 0 aliphatic heterocycles. The van der Waals surface area contributed by atoms with Crippen molar-refractivity contribution in [1.29, 1.82) is 0 Å². The number of hydrogen-bond acceptors (Lipinski definition) is 4. The minimum atomic E-state index is -0.984. The van der Waals surface area contributed by atoms with Gasteiger partial charge in [-0.25, -0.2) is 4.79 Å². The van der Waals surface area contributed by atoms with Crippen molar-refractivity contribution < 1.29 is 19.4 Å². The Morgan fingerprint density at radius 3 is 2.75 bits per heavy atom. The van der Waals surface area contributed by atoms with E-state index in [1.54, 1.807) is 18.2 Å². The first-order valence-electron chi connectivity index (χ1n) is 4.52. The summed E-state index contributed by atoms with van der Waals surface area (Å²) in [6, 6.07) is 6.63. The number of carboxylic acid groups (broad SMARTS) is 1. The second-order valence-electron chi connectivity index (χ2n) is 3.19. The van der Waals surface area contributed by atoms with Crippen molar-refractivity contribution in [3.63, 3.8) is 0 Å². The average Bonchev–Trinajstić information content (AvgIpc) is 2.57. The summed E-state index contributed by atoms with van der Waals surface area (Å²) in [5, 5.41) is 10.2. The predicted octanol–water partition coefficient (Wildman–Crippen LogP) is 2.52. The van der Waals surface area contributed by atoms with Crippen molar-refractivity contribution in [1.82, 2.24) is 0 Å². The monoisotopic (exact) mass is 236 g/mol. The van der Waals surface area contributed by atoms with Crippen LogP contribution in [0.5, 0.6) is 5.06 Å². The molecule has 1 heterocycles. The van der Waals surface area contributed by atoms with Crippen LogP contribution in [-0.2, 0) is 4.79 Å². The number of fused-ring (bicyclic) bond motifs is 1. The van der Waals surface area contributed by atoms with Gasteiger partial charge < -0.3 is 9.84 Å². The van der Waals surface area contributed by atoms with Crippen LogP contribution in [0.2, 0.25) is 0 Å². The van der Waals surface area contributed by atoms with Crippen molar-refractivity contribution in [2.45, 2.75) is 6.92 Å². The number of carboxylic acids is 1. The zero-order valence-corrected chi connectivity index (χ0v) is 9.21. The van der Waals surface area contributed by atoms with Crippen LogP contribution in [0.1, 0.15) is 17.3 Å². The summed E-state index contributed by atoms with van der Waals surface area (Å²) in [6.07, 6.45) is 0. The van der Waals surface area contributed by atoms with Crippen molar-refractivity contribution in [2.24, 2.45) is 0 Å². The van der Waals surface area contributed by atoms with Crippen molar-refractivity contribution >= 4 is 33.4 Å². The zero-order chi connectivity index (χ0) is 11.7. The van der Waals surface area contributed by atoms with Crippen LogP contribution in [0, 0.1) is 0 Å². The molecule has 0 atom stereocenters. The number of hydrogen-bond donors (Lipinski definition) is 1. The second kappa shape index (κ2) is 3.94. The number of carbonyl (C=O) groups is 2. The van der Waals surface area contributed by atoms with Crippen LogP contribution in [0.15, 0.2) is 24.3 Å². The molecule has 1 aromatic heterocycles. The van der Waals surface area contributed by atoms with E-state index in [2.05, 4.69) is 0 Å². The molecular formula is C11H8O4S. The van der Waals surface area contributed by atoms with E-state index in [0.29, 0.717) is 9.76 Å². The largest absolute Gasteiger partial charge is 0.478 e. The molecule has 0 radical (unpaired) electrons. The van der Waals surface area contributed by atoms with E-state index < -0.39 is 11.9 Å². The SMILES string of the molecule is CC(=O)Oc1cc2cccc(C(=O)O)c2s1.